The van der Waals surface area contributed by atoms with E-state index in [0.29, 0.717) is 6.54 Å². The third-order valence-corrected chi connectivity index (χ3v) is 3.65. The van der Waals surface area contributed by atoms with E-state index in [9.17, 15) is 0 Å². The van der Waals surface area contributed by atoms with Crippen molar-refractivity contribution in [1.29, 1.82) is 0 Å². The molecule has 0 unspecified atom stereocenters. The molecular weight excluding hydrogens is 220 g/mol. The highest BCUT2D eigenvalue weighted by atomic mass is 32.1. The van der Waals surface area contributed by atoms with Crippen LogP contribution in [0.25, 0.3) is 10.6 Å². The van der Waals surface area contributed by atoms with Crippen LogP contribution in [0.5, 0.6) is 0 Å². The lowest BCUT2D eigenvalue weighted by atomic mass is 10.3. The van der Waals surface area contributed by atoms with Crippen LogP contribution in [-0.4, -0.2) is 11.5 Å². The Morgan fingerprint density at radius 2 is 2.31 bits per heavy atom. The third kappa shape index (κ3) is 2.51. The molecule has 0 aliphatic heterocycles. The Kier molecular flexibility index (Phi) is 3.74. The Labute approximate surface area is 99.3 Å². The highest BCUT2D eigenvalue weighted by Gasteiger charge is 2.08. The molecule has 0 aliphatic carbocycles. The first-order chi connectivity index (χ1) is 7.83. The third-order valence-electron chi connectivity index (χ3n) is 2.40. The number of hydrogen-bond donors (Lipinski definition) is 1. The van der Waals surface area contributed by atoms with Gasteiger partial charge in [0.25, 0.3) is 0 Å². The molecule has 2 aromatic rings. The van der Waals surface area contributed by atoms with Gasteiger partial charge in [0, 0.05) is 11.3 Å². The summed E-state index contributed by atoms with van der Waals surface area (Å²) in [6.45, 7) is 2.83. The molecule has 0 spiro atoms. The van der Waals surface area contributed by atoms with E-state index in [1.807, 2.05) is 0 Å². The van der Waals surface area contributed by atoms with Gasteiger partial charge in [0.2, 0.25) is 0 Å². The van der Waals surface area contributed by atoms with Crippen molar-refractivity contribution >= 4 is 11.3 Å². The number of aryl methyl sites for hydroxylation is 2. The summed E-state index contributed by atoms with van der Waals surface area (Å²) in [5.74, 6) is 1.66. The number of hydrogen-bond acceptors (Lipinski definition) is 4. The molecule has 2 heterocycles. The molecule has 3 nitrogen and oxygen atoms in total. The van der Waals surface area contributed by atoms with Crippen LogP contribution in [0.15, 0.2) is 22.7 Å². The minimum atomic E-state index is 0.677. The molecule has 0 saturated carbocycles. The quantitative estimate of drug-likeness (QED) is 0.868. The van der Waals surface area contributed by atoms with Gasteiger partial charge in [0.1, 0.15) is 0 Å². The zero-order valence-corrected chi connectivity index (χ0v) is 10.2. The molecule has 2 aromatic heterocycles. The monoisotopic (exact) mass is 236 g/mol. The normalized spacial score (nSPS) is 10.9. The van der Waals surface area contributed by atoms with Gasteiger partial charge in [-0.2, -0.15) is 0 Å². The van der Waals surface area contributed by atoms with E-state index in [0.717, 1.165) is 35.8 Å². The Balaban J connectivity index is 2.11. The number of aromatic nitrogens is 1. The predicted octanol–water partition coefficient (Wildman–Crippen LogP) is 2.86. The van der Waals surface area contributed by atoms with Crippen molar-refractivity contribution in [2.75, 3.05) is 6.54 Å². The summed E-state index contributed by atoms with van der Waals surface area (Å²) in [7, 11) is 0. The topological polar surface area (TPSA) is 52.0 Å². The van der Waals surface area contributed by atoms with E-state index in [-0.39, 0.29) is 0 Å². The molecule has 0 amide bonds. The van der Waals surface area contributed by atoms with Crippen molar-refractivity contribution in [3.05, 3.63) is 29.1 Å². The zero-order valence-electron chi connectivity index (χ0n) is 9.40. The Bertz CT molecular complexity index is 447. The summed E-state index contributed by atoms with van der Waals surface area (Å²) < 4.78 is 5.67. The smallest absolute Gasteiger partial charge is 0.194 e. The molecule has 4 heteroatoms. The molecule has 0 atom stereocenters. The van der Waals surface area contributed by atoms with Gasteiger partial charge in [-0.15, -0.1) is 11.3 Å². The summed E-state index contributed by atoms with van der Waals surface area (Å²) in [6.07, 6.45) is 4.61. The molecule has 0 saturated heterocycles. The lowest BCUT2D eigenvalue weighted by Crippen LogP contribution is -2.00. The fraction of sp³-hybridized carbons (Fsp3) is 0.417. The molecule has 0 radical (unpaired) electrons. The lowest BCUT2D eigenvalue weighted by molar-refractivity contribution is 0.500. The average Bonchev–Trinajstić information content (AvgIpc) is 2.94. The number of thiophene rings is 1. The summed E-state index contributed by atoms with van der Waals surface area (Å²) in [4.78, 5) is 6.78. The molecule has 0 aromatic carbocycles. The molecule has 0 fully saturated rings. The van der Waals surface area contributed by atoms with E-state index in [1.54, 1.807) is 17.5 Å². The molecule has 0 aliphatic rings. The van der Waals surface area contributed by atoms with Gasteiger partial charge >= 0.3 is 0 Å². The van der Waals surface area contributed by atoms with Gasteiger partial charge in [-0.1, -0.05) is 6.92 Å². The molecule has 2 rings (SSSR count). The highest BCUT2D eigenvalue weighted by Crippen LogP contribution is 2.28. The maximum absolute atomic E-state index is 5.67. The van der Waals surface area contributed by atoms with Gasteiger partial charge in [0.05, 0.1) is 11.1 Å². The maximum Gasteiger partial charge on any atom is 0.194 e. The minimum absolute atomic E-state index is 0.677. The number of rotatable bonds is 5. The SMILES string of the molecule is CCc1ccc(-c2cnc(CCCN)o2)s1. The van der Waals surface area contributed by atoms with E-state index in [1.165, 1.54) is 4.88 Å². The standard InChI is InChI=1S/C12H16N2OS/c1-2-9-5-6-11(16-9)10-8-14-12(15-10)4-3-7-13/h5-6,8H,2-4,7,13H2,1H3. The molecule has 0 bridgehead atoms. The first-order valence-electron chi connectivity index (χ1n) is 5.57. The van der Waals surface area contributed by atoms with Gasteiger partial charge in [-0.25, -0.2) is 4.98 Å². The van der Waals surface area contributed by atoms with Crippen LogP contribution in [0.3, 0.4) is 0 Å². The predicted molar refractivity (Wildman–Crippen MR) is 66.6 cm³/mol. The van der Waals surface area contributed by atoms with Crippen LogP contribution in [0.4, 0.5) is 0 Å². The van der Waals surface area contributed by atoms with Crippen molar-refractivity contribution in [3.63, 3.8) is 0 Å². The van der Waals surface area contributed by atoms with Crippen LogP contribution in [0.1, 0.15) is 24.1 Å². The average molecular weight is 236 g/mol. The van der Waals surface area contributed by atoms with Crippen LogP contribution in [-0.2, 0) is 12.8 Å². The van der Waals surface area contributed by atoms with Crippen LogP contribution in [0.2, 0.25) is 0 Å². The first-order valence-corrected chi connectivity index (χ1v) is 6.39. The molecular formula is C12H16N2OS. The Morgan fingerprint density at radius 3 is 3.00 bits per heavy atom. The largest absolute Gasteiger partial charge is 0.440 e. The summed E-state index contributed by atoms with van der Waals surface area (Å²) in [5, 5.41) is 0. The number of nitrogens with two attached hydrogens (primary N) is 1. The molecule has 86 valence electrons. The summed E-state index contributed by atoms with van der Waals surface area (Å²) in [5.41, 5.74) is 5.45. The number of nitrogens with zero attached hydrogens (tertiary/aromatic N) is 1. The van der Waals surface area contributed by atoms with Gasteiger partial charge in [-0.05, 0) is 31.5 Å². The van der Waals surface area contributed by atoms with E-state index in [4.69, 9.17) is 10.2 Å². The first kappa shape index (κ1) is 11.4. The lowest BCUT2D eigenvalue weighted by Gasteiger charge is -1.92. The van der Waals surface area contributed by atoms with Gasteiger partial charge < -0.3 is 10.2 Å². The second-order valence-corrected chi connectivity index (χ2v) is 4.80. The van der Waals surface area contributed by atoms with E-state index in [2.05, 4.69) is 24.0 Å². The zero-order chi connectivity index (χ0) is 11.4. The van der Waals surface area contributed by atoms with Crippen molar-refractivity contribution in [3.8, 4) is 10.6 Å². The minimum Gasteiger partial charge on any atom is -0.440 e. The van der Waals surface area contributed by atoms with Gasteiger partial charge in [-0.3, -0.25) is 0 Å². The second kappa shape index (κ2) is 5.27. The van der Waals surface area contributed by atoms with Crippen LogP contribution in [0, 0.1) is 0 Å². The van der Waals surface area contributed by atoms with Crippen molar-refractivity contribution in [1.82, 2.24) is 4.98 Å². The van der Waals surface area contributed by atoms with Crippen molar-refractivity contribution in [2.45, 2.75) is 26.2 Å². The second-order valence-electron chi connectivity index (χ2n) is 3.63. The van der Waals surface area contributed by atoms with Crippen molar-refractivity contribution in [2.24, 2.45) is 5.73 Å². The van der Waals surface area contributed by atoms with Gasteiger partial charge in [0.15, 0.2) is 11.7 Å². The fourth-order valence-corrected chi connectivity index (χ4v) is 2.39. The Hall–Kier alpha value is -1.13. The summed E-state index contributed by atoms with van der Waals surface area (Å²) >= 11 is 1.76. The Morgan fingerprint density at radius 1 is 1.44 bits per heavy atom. The number of oxazole rings is 1. The molecule has 2 N–H and O–H groups in total. The fourth-order valence-electron chi connectivity index (χ4n) is 1.49. The maximum atomic E-state index is 5.67. The van der Waals surface area contributed by atoms with E-state index < -0.39 is 0 Å². The van der Waals surface area contributed by atoms with Crippen LogP contribution < -0.4 is 5.73 Å². The van der Waals surface area contributed by atoms with Crippen LogP contribution >= 0.6 is 11.3 Å². The van der Waals surface area contributed by atoms with Crippen molar-refractivity contribution < 1.29 is 4.42 Å². The highest BCUT2D eigenvalue weighted by molar-refractivity contribution is 7.15. The van der Waals surface area contributed by atoms with E-state index >= 15 is 0 Å². The molecule has 16 heavy (non-hydrogen) atoms. The summed E-state index contributed by atoms with van der Waals surface area (Å²) in [6, 6.07) is 4.23.